The average Bonchev–Trinajstić information content (AvgIpc) is 3.28. The molecule has 4 rings (SSSR count). The van der Waals surface area contributed by atoms with Gasteiger partial charge in [-0.25, -0.2) is 9.67 Å². The topological polar surface area (TPSA) is 77.6 Å². The van der Waals surface area contributed by atoms with Crippen LogP contribution in [-0.2, 0) is 18.4 Å². The summed E-state index contributed by atoms with van der Waals surface area (Å²) in [6, 6.07) is 6.02. The van der Waals surface area contributed by atoms with Crippen LogP contribution in [0, 0.1) is 20.8 Å². The Hall–Kier alpha value is -3.00. The smallest absolute Gasteiger partial charge is 0.247 e. The van der Waals surface area contributed by atoms with E-state index in [0.29, 0.717) is 5.82 Å². The molecule has 1 amide bonds. The number of nitrogens with zero attached hydrogens (tertiary/aromatic N) is 5. The Labute approximate surface area is 160 Å². The number of aromatic nitrogens is 5. The standard InChI is InChI=1S/C19H20N6OS/c1-11-8-13(3)20-19-16(11)18(23-24(19)4)21-15(26)10-25-9-12(2)17(22-25)14-6-5-7-27-14/h5-9H,10H2,1-4H3,(H,21,23,26). The van der Waals surface area contributed by atoms with Crippen LogP contribution in [0.15, 0.2) is 29.8 Å². The molecule has 138 valence electrons. The highest BCUT2D eigenvalue weighted by Crippen LogP contribution is 2.27. The molecule has 0 atom stereocenters. The second-order valence-corrected chi connectivity index (χ2v) is 7.58. The molecular formula is C19H20N6OS. The number of fused-ring (bicyclic) bond motifs is 1. The van der Waals surface area contributed by atoms with Crippen LogP contribution < -0.4 is 5.32 Å². The minimum absolute atomic E-state index is 0.128. The molecule has 4 aromatic rings. The number of rotatable bonds is 4. The summed E-state index contributed by atoms with van der Waals surface area (Å²) in [6.45, 7) is 6.07. The third kappa shape index (κ3) is 3.23. The zero-order valence-electron chi connectivity index (χ0n) is 15.6. The molecule has 4 aromatic heterocycles. The fourth-order valence-corrected chi connectivity index (χ4v) is 4.03. The number of aryl methyl sites for hydroxylation is 4. The molecule has 0 unspecified atom stereocenters. The highest BCUT2D eigenvalue weighted by atomic mass is 32.1. The Bertz CT molecular complexity index is 1140. The lowest BCUT2D eigenvalue weighted by Crippen LogP contribution is -2.19. The Kier molecular flexibility index (Phi) is 4.27. The quantitative estimate of drug-likeness (QED) is 0.588. The Morgan fingerprint density at radius 1 is 1.22 bits per heavy atom. The van der Waals surface area contributed by atoms with Gasteiger partial charge >= 0.3 is 0 Å². The Balaban J connectivity index is 1.57. The molecule has 27 heavy (non-hydrogen) atoms. The lowest BCUT2D eigenvalue weighted by molar-refractivity contribution is -0.116. The third-order valence-corrected chi connectivity index (χ3v) is 5.26. The van der Waals surface area contributed by atoms with Gasteiger partial charge in [-0.3, -0.25) is 9.48 Å². The number of carbonyl (C=O) groups is 1. The molecule has 0 saturated heterocycles. The van der Waals surface area contributed by atoms with Crippen LogP contribution in [0.2, 0.25) is 0 Å². The highest BCUT2D eigenvalue weighted by Gasteiger charge is 2.16. The molecule has 0 aliphatic carbocycles. The predicted octanol–water partition coefficient (Wildman–Crippen LogP) is 3.46. The fourth-order valence-electron chi connectivity index (χ4n) is 3.26. The van der Waals surface area contributed by atoms with Gasteiger partial charge in [0.15, 0.2) is 11.5 Å². The number of nitrogens with one attached hydrogen (secondary N) is 1. The molecular weight excluding hydrogens is 360 g/mol. The molecule has 0 aromatic carbocycles. The van der Waals surface area contributed by atoms with E-state index >= 15 is 0 Å². The second-order valence-electron chi connectivity index (χ2n) is 6.64. The zero-order valence-corrected chi connectivity index (χ0v) is 16.5. The Morgan fingerprint density at radius 2 is 2.04 bits per heavy atom. The Morgan fingerprint density at radius 3 is 2.78 bits per heavy atom. The van der Waals surface area contributed by atoms with E-state index in [1.54, 1.807) is 20.7 Å². The van der Waals surface area contributed by atoms with Gasteiger partial charge in [0.05, 0.1) is 10.3 Å². The second kappa shape index (κ2) is 6.62. The minimum Gasteiger partial charge on any atom is -0.307 e. The van der Waals surface area contributed by atoms with E-state index in [2.05, 4.69) is 20.5 Å². The molecule has 0 aliphatic rings. The normalized spacial score (nSPS) is 11.3. The number of anilines is 1. The highest BCUT2D eigenvalue weighted by molar-refractivity contribution is 7.13. The largest absolute Gasteiger partial charge is 0.307 e. The van der Waals surface area contributed by atoms with Gasteiger partial charge < -0.3 is 5.32 Å². The SMILES string of the molecule is Cc1cc(C)c2c(NC(=O)Cn3cc(C)c(-c4cccs4)n3)nn(C)c2n1. The zero-order chi connectivity index (χ0) is 19.1. The maximum Gasteiger partial charge on any atom is 0.247 e. The van der Waals surface area contributed by atoms with Gasteiger partial charge in [-0.15, -0.1) is 11.3 Å². The van der Waals surface area contributed by atoms with Crippen molar-refractivity contribution in [2.24, 2.45) is 7.05 Å². The van der Waals surface area contributed by atoms with Crippen molar-refractivity contribution in [2.75, 3.05) is 5.32 Å². The molecule has 0 saturated carbocycles. The summed E-state index contributed by atoms with van der Waals surface area (Å²) < 4.78 is 3.36. The van der Waals surface area contributed by atoms with Crippen LogP contribution in [0.1, 0.15) is 16.8 Å². The van der Waals surface area contributed by atoms with Gasteiger partial charge in [0.1, 0.15) is 12.2 Å². The predicted molar refractivity (Wildman–Crippen MR) is 107 cm³/mol. The van der Waals surface area contributed by atoms with Crippen molar-refractivity contribution in [3.63, 3.8) is 0 Å². The van der Waals surface area contributed by atoms with E-state index in [1.807, 2.05) is 57.6 Å². The molecule has 0 aliphatic heterocycles. The summed E-state index contributed by atoms with van der Waals surface area (Å²) in [6.07, 6.45) is 1.89. The van der Waals surface area contributed by atoms with Gasteiger partial charge in [0.25, 0.3) is 0 Å². The first-order valence-electron chi connectivity index (χ1n) is 8.61. The first-order chi connectivity index (χ1) is 12.9. The van der Waals surface area contributed by atoms with Crippen molar-refractivity contribution in [2.45, 2.75) is 27.3 Å². The molecule has 0 bridgehead atoms. The molecule has 0 spiro atoms. The maximum absolute atomic E-state index is 12.6. The number of thiophene rings is 1. The first-order valence-corrected chi connectivity index (χ1v) is 9.49. The monoisotopic (exact) mass is 380 g/mol. The summed E-state index contributed by atoms with van der Waals surface area (Å²) >= 11 is 1.64. The van der Waals surface area contributed by atoms with Crippen LogP contribution >= 0.6 is 11.3 Å². The van der Waals surface area contributed by atoms with Crippen LogP contribution in [0.3, 0.4) is 0 Å². The van der Waals surface area contributed by atoms with Crippen molar-refractivity contribution in [3.8, 4) is 10.6 Å². The lowest BCUT2D eigenvalue weighted by Gasteiger charge is -2.04. The van der Waals surface area contributed by atoms with Crippen LogP contribution in [0.4, 0.5) is 5.82 Å². The van der Waals surface area contributed by atoms with Crippen molar-refractivity contribution in [3.05, 3.63) is 46.6 Å². The summed E-state index contributed by atoms with van der Waals surface area (Å²) in [4.78, 5) is 18.2. The first kappa shape index (κ1) is 17.4. The van der Waals surface area contributed by atoms with Crippen molar-refractivity contribution in [1.82, 2.24) is 24.5 Å². The van der Waals surface area contributed by atoms with Crippen molar-refractivity contribution >= 4 is 34.1 Å². The summed E-state index contributed by atoms with van der Waals surface area (Å²) in [7, 11) is 1.83. The lowest BCUT2D eigenvalue weighted by atomic mass is 10.2. The molecule has 0 fully saturated rings. The molecule has 0 radical (unpaired) electrons. The molecule has 8 heteroatoms. The van der Waals surface area contributed by atoms with Crippen LogP contribution in [0.25, 0.3) is 21.6 Å². The van der Waals surface area contributed by atoms with Crippen molar-refractivity contribution in [1.29, 1.82) is 0 Å². The van der Waals surface area contributed by atoms with Gasteiger partial charge in [0, 0.05) is 18.9 Å². The van der Waals surface area contributed by atoms with Gasteiger partial charge in [-0.1, -0.05) is 6.07 Å². The van der Waals surface area contributed by atoms with E-state index in [1.165, 1.54) is 0 Å². The van der Waals surface area contributed by atoms with Gasteiger partial charge in [-0.2, -0.15) is 10.2 Å². The van der Waals surface area contributed by atoms with E-state index in [4.69, 9.17) is 0 Å². The molecule has 4 heterocycles. The van der Waals surface area contributed by atoms with E-state index in [9.17, 15) is 4.79 Å². The summed E-state index contributed by atoms with van der Waals surface area (Å²) in [5.74, 6) is 0.361. The average molecular weight is 380 g/mol. The number of hydrogen-bond acceptors (Lipinski definition) is 5. The van der Waals surface area contributed by atoms with Crippen LogP contribution in [0.5, 0.6) is 0 Å². The van der Waals surface area contributed by atoms with E-state index in [-0.39, 0.29) is 12.5 Å². The number of pyridine rings is 1. The van der Waals surface area contributed by atoms with E-state index in [0.717, 1.165) is 38.4 Å². The fraction of sp³-hybridized carbons (Fsp3) is 0.263. The summed E-state index contributed by atoms with van der Waals surface area (Å²) in [5.41, 5.74) is 4.68. The van der Waals surface area contributed by atoms with Gasteiger partial charge in [0.2, 0.25) is 5.91 Å². The van der Waals surface area contributed by atoms with Crippen molar-refractivity contribution < 1.29 is 4.79 Å². The molecule has 7 nitrogen and oxygen atoms in total. The summed E-state index contributed by atoms with van der Waals surface area (Å²) in [5, 5.41) is 14.8. The number of amides is 1. The van der Waals surface area contributed by atoms with E-state index < -0.39 is 0 Å². The van der Waals surface area contributed by atoms with Gasteiger partial charge in [-0.05, 0) is 49.4 Å². The minimum atomic E-state index is -0.171. The maximum atomic E-state index is 12.6. The number of hydrogen-bond donors (Lipinski definition) is 1. The third-order valence-electron chi connectivity index (χ3n) is 4.38. The molecule has 1 N–H and O–H groups in total. The number of carbonyl (C=O) groups excluding carboxylic acids is 1. The van der Waals surface area contributed by atoms with Crippen LogP contribution in [-0.4, -0.2) is 30.5 Å².